The zero-order valence-electron chi connectivity index (χ0n) is 9.46. The average molecular weight is 273 g/mol. The number of rotatable bonds is 3. The van der Waals surface area contributed by atoms with E-state index in [1.165, 1.54) is 16.4 Å². The summed E-state index contributed by atoms with van der Waals surface area (Å²) in [4.78, 5) is 11.7. The van der Waals surface area contributed by atoms with Crippen molar-refractivity contribution in [1.29, 1.82) is 0 Å². The normalized spacial score (nSPS) is 10.7. The van der Waals surface area contributed by atoms with Crippen molar-refractivity contribution in [3.8, 4) is 0 Å². The van der Waals surface area contributed by atoms with E-state index in [-0.39, 0.29) is 5.56 Å². The molecule has 1 N–H and O–H groups in total. The number of fused-ring (bicyclic) bond motifs is 1. The van der Waals surface area contributed by atoms with Crippen molar-refractivity contribution in [3.63, 3.8) is 0 Å². The van der Waals surface area contributed by atoms with E-state index < -0.39 is 5.97 Å². The zero-order chi connectivity index (χ0) is 13.2. The van der Waals surface area contributed by atoms with E-state index in [0.717, 1.165) is 0 Å². The predicted octanol–water partition coefficient (Wildman–Crippen LogP) is 1.37. The van der Waals surface area contributed by atoms with Crippen LogP contribution in [0, 0.1) is 0 Å². The molecule has 0 aliphatic carbocycles. The Hall–Kier alpha value is -2.48. The fourth-order valence-corrected chi connectivity index (χ4v) is 2.42. The molecule has 0 amide bonds. The van der Waals surface area contributed by atoms with E-state index in [1.807, 2.05) is 0 Å². The van der Waals surface area contributed by atoms with Crippen LogP contribution in [0.5, 0.6) is 0 Å². The summed E-state index contributed by atoms with van der Waals surface area (Å²) in [6.07, 6.45) is 0. The lowest BCUT2D eigenvalue weighted by Crippen LogP contribution is -1.99. The van der Waals surface area contributed by atoms with Gasteiger partial charge in [0, 0.05) is 4.90 Å². The van der Waals surface area contributed by atoms with Gasteiger partial charge >= 0.3 is 5.97 Å². The molecular weight excluding hydrogens is 266 g/mol. The number of aromatic carboxylic acids is 1. The smallest absolute Gasteiger partial charge is 0.336 e. The van der Waals surface area contributed by atoms with Gasteiger partial charge in [0.15, 0.2) is 5.65 Å². The molecule has 0 fully saturated rings. The van der Waals surface area contributed by atoms with Crippen LogP contribution in [0.3, 0.4) is 0 Å². The lowest BCUT2D eigenvalue weighted by molar-refractivity contribution is 0.0693. The summed E-state index contributed by atoms with van der Waals surface area (Å²) in [5.41, 5.74) is 0.780. The van der Waals surface area contributed by atoms with Crippen LogP contribution < -0.4 is 0 Å². The molecule has 0 saturated heterocycles. The minimum atomic E-state index is -0.966. The molecule has 19 heavy (non-hydrogen) atoms. The van der Waals surface area contributed by atoms with E-state index in [1.54, 1.807) is 36.4 Å². The molecule has 0 saturated carbocycles. The topological polar surface area (TPSA) is 93.3 Å². The summed E-state index contributed by atoms with van der Waals surface area (Å²) in [5.74, 6) is -0.966. The Morgan fingerprint density at radius 1 is 1.21 bits per heavy atom. The highest BCUT2D eigenvalue weighted by molar-refractivity contribution is 7.99. The second kappa shape index (κ2) is 4.65. The van der Waals surface area contributed by atoms with Crippen molar-refractivity contribution >= 4 is 23.4 Å². The first-order chi connectivity index (χ1) is 9.24. The van der Waals surface area contributed by atoms with Gasteiger partial charge in [-0.05, 0) is 34.7 Å². The molecule has 3 rings (SSSR count). The van der Waals surface area contributed by atoms with Crippen LogP contribution in [0.4, 0.5) is 0 Å². The molecule has 0 spiro atoms. The van der Waals surface area contributed by atoms with Crippen molar-refractivity contribution in [1.82, 2.24) is 25.3 Å². The predicted molar refractivity (Wildman–Crippen MR) is 66.1 cm³/mol. The average Bonchev–Trinajstić information content (AvgIpc) is 2.86. The quantitative estimate of drug-likeness (QED) is 0.770. The van der Waals surface area contributed by atoms with Gasteiger partial charge < -0.3 is 5.11 Å². The van der Waals surface area contributed by atoms with E-state index in [0.29, 0.717) is 15.6 Å². The Labute approximate surface area is 111 Å². The molecule has 0 atom stereocenters. The standard InChI is InChI=1S/C11H7N5O2S/c17-11(18)7-3-1-2-4-8(7)19-10-6-5-9-12-14-15-16(9)13-10/h1-6H,(H,17,18). The van der Waals surface area contributed by atoms with E-state index >= 15 is 0 Å². The monoisotopic (exact) mass is 273 g/mol. The van der Waals surface area contributed by atoms with Crippen LogP contribution in [0.15, 0.2) is 46.3 Å². The summed E-state index contributed by atoms with van der Waals surface area (Å²) in [5, 5.41) is 24.8. The molecule has 2 heterocycles. The number of nitrogens with zero attached hydrogens (tertiary/aromatic N) is 5. The first-order valence-electron chi connectivity index (χ1n) is 5.29. The fourth-order valence-electron chi connectivity index (χ4n) is 1.53. The third kappa shape index (κ3) is 2.25. The second-order valence-electron chi connectivity index (χ2n) is 3.60. The number of hydrogen-bond acceptors (Lipinski definition) is 6. The number of benzene rings is 1. The van der Waals surface area contributed by atoms with Crippen LogP contribution >= 0.6 is 11.8 Å². The highest BCUT2D eigenvalue weighted by Gasteiger charge is 2.11. The number of carboxylic acid groups (broad SMARTS) is 1. The Balaban J connectivity index is 1.98. The van der Waals surface area contributed by atoms with Crippen LogP contribution in [0.25, 0.3) is 5.65 Å². The molecule has 0 unspecified atom stereocenters. The minimum Gasteiger partial charge on any atom is -0.478 e. The van der Waals surface area contributed by atoms with Crippen LogP contribution in [-0.4, -0.2) is 36.3 Å². The molecule has 8 heteroatoms. The van der Waals surface area contributed by atoms with Gasteiger partial charge in [-0.25, -0.2) is 4.79 Å². The fraction of sp³-hybridized carbons (Fsp3) is 0. The Morgan fingerprint density at radius 3 is 2.89 bits per heavy atom. The minimum absolute atomic E-state index is 0.242. The van der Waals surface area contributed by atoms with Gasteiger partial charge in [-0.3, -0.25) is 0 Å². The molecule has 3 aromatic rings. The number of carboxylic acids is 1. The molecule has 94 valence electrons. The van der Waals surface area contributed by atoms with Crippen LogP contribution in [0.2, 0.25) is 0 Å². The van der Waals surface area contributed by atoms with E-state index in [9.17, 15) is 4.79 Å². The van der Waals surface area contributed by atoms with Gasteiger partial charge in [0.05, 0.1) is 5.56 Å². The number of carbonyl (C=O) groups is 1. The summed E-state index contributed by atoms with van der Waals surface area (Å²) < 4.78 is 1.30. The van der Waals surface area contributed by atoms with Gasteiger partial charge in [0.25, 0.3) is 0 Å². The van der Waals surface area contributed by atoms with Gasteiger partial charge in [-0.2, -0.15) is 0 Å². The first-order valence-corrected chi connectivity index (χ1v) is 6.11. The Morgan fingerprint density at radius 2 is 2.05 bits per heavy atom. The summed E-state index contributed by atoms with van der Waals surface area (Å²) in [6.45, 7) is 0. The second-order valence-corrected chi connectivity index (χ2v) is 4.66. The number of tetrazole rings is 1. The van der Waals surface area contributed by atoms with Crippen molar-refractivity contribution in [2.24, 2.45) is 0 Å². The lowest BCUT2D eigenvalue weighted by Gasteiger charge is -2.04. The third-order valence-corrected chi connectivity index (χ3v) is 3.38. The van der Waals surface area contributed by atoms with E-state index in [2.05, 4.69) is 20.6 Å². The molecule has 7 nitrogen and oxygen atoms in total. The highest BCUT2D eigenvalue weighted by Crippen LogP contribution is 2.28. The number of hydrogen-bond donors (Lipinski definition) is 1. The molecule has 0 aliphatic rings. The maximum Gasteiger partial charge on any atom is 0.336 e. The maximum absolute atomic E-state index is 11.1. The van der Waals surface area contributed by atoms with Gasteiger partial charge in [0.2, 0.25) is 0 Å². The molecule has 0 bridgehead atoms. The Kier molecular flexibility index (Phi) is 2.84. The molecule has 2 aromatic heterocycles. The van der Waals surface area contributed by atoms with Crippen molar-refractivity contribution < 1.29 is 9.90 Å². The number of aromatic nitrogens is 5. The maximum atomic E-state index is 11.1. The summed E-state index contributed by atoms with van der Waals surface area (Å²) in [7, 11) is 0. The highest BCUT2D eigenvalue weighted by atomic mass is 32.2. The first kappa shape index (κ1) is 11.6. The van der Waals surface area contributed by atoms with Crippen LogP contribution in [0.1, 0.15) is 10.4 Å². The van der Waals surface area contributed by atoms with Crippen LogP contribution in [-0.2, 0) is 0 Å². The Bertz CT molecular complexity index is 757. The molecule has 0 radical (unpaired) electrons. The van der Waals surface area contributed by atoms with E-state index in [4.69, 9.17) is 5.11 Å². The molecule has 0 aliphatic heterocycles. The van der Waals surface area contributed by atoms with Gasteiger partial charge in [-0.1, -0.05) is 23.9 Å². The van der Waals surface area contributed by atoms with Crippen molar-refractivity contribution in [3.05, 3.63) is 42.0 Å². The third-order valence-electron chi connectivity index (χ3n) is 2.38. The largest absolute Gasteiger partial charge is 0.478 e. The molecule has 1 aromatic carbocycles. The van der Waals surface area contributed by atoms with Crippen molar-refractivity contribution in [2.45, 2.75) is 9.92 Å². The lowest BCUT2D eigenvalue weighted by atomic mass is 10.2. The zero-order valence-corrected chi connectivity index (χ0v) is 10.3. The molecular formula is C11H7N5O2S. The summed E-state index contributed by atoms with van der Waals surface area (Å²) in [6, 6.07) is 10.2. The van der Waals surface area contributed by atoms with Gasteiger partial charge in [-0.15, -0.1) is 14.8 Å². The van der Waals surface area contributed by atoms with Crippen molar-refractivity contribution in [2.75, 3.05) is 0 Å². The SMILES string of the molecule is O=C(O)c1ccccc1Sc1ccc2nnnn2n1. The van der Waals surface area contributed by atoms with Gasteiger partial charge in [0.1, 0.15) is 5.03 Å². The summed E-state index contributed by atoms with van der Waals surface area (Å²) >= 11 is 1.25.